The fraction of sp³-hybridized carbons (Fsp3) is 0.429. The van der Waals surface area contributed by atoms with Crippen molar-refractivity contribution in [3.63, 3.8) is 0 Å². The average molecular weight is 260 g/mol. The highest BCUT2D eigenvalue weighted by Gasteiger charge is 2.11. The molecule has 1 aliphatic carbocycles. The third-order valence-electron chi connectivity index (χ3n) is 3.04. The normalized spacial score (nSPS) is 15.6. The van der Waals surface area contributed by atoms with E-state index in [4.69, 9.17) is 4.74 Å². The molecule has 0 radical (unpaired) electrons. The van der Waals surface area contributed by atoms with Gasteiger partial charge in [0, 0.05) is 31.9 Å². The summed E-state index contributed by atoms with van der Waals surface area (Å²) in [6.45, 7) is 0.691. The van der Waals surface area contributed by atoms with E-state index in [-0.39, 0.29) is 0 Å². The fourth-order valence-corrected chi connectivity index (χ4v) is 1.95. The van der Waals surface area contributed by atoms with Gasteiger partial charge in [-0.3, -0.25) is 4.99 Å². The van der Waals surface area contributed by atoms with Gasteiger partial charge in [0.1, 0.15) is 0 Å². The lowest BCUT2D eigenvalue weighted by molar-refractivity contribution is 0.397. The summed E-state index contributed by atoms with van der Waals surface area (Å²) in [7, 11) is 3.39. The quantitative estimate of drug-likeness (QED) is 0.489. The van der Waals surface area contributed by atoms with Gasteiger partial charge in [0.2, 0.25) is 5.88 Å². The lowest BCUT2D eigenvalue weighted by Crippen LogP contribution is -2.42. The van der Waals surface area contributed by atoms with E-state index in [0.29, 0.717) is 18.5 Å². The van der Waals surface area contributed by atoms with Gasteiger partial charge in [-0.1, -0.05) is 18.2 Å². The zero-order valence-corrected chi connectivity index (χ0v) is 11.4. The molecule has 1 aromatic heterocycles. The van der Waals surface area contributed by atoms with E-state index in [9.17, 15) is 0 Å². The van der Waals surface area contributed by atoms with Gasteiger partial charge in [-0.25, -0.2) is 4.98 Å². The van der Waals surface area contributed by atoms with E-state index >= 15 is 0 Å². The monoisotopic (exact) mass is 260 g/mol. The van der Waals surface area contributed by atoms with Crippen LogP contribution in [-0.4, -0.2) is 31.1 Å². The molecule has 0 amide bonds. The van der Waals surface area contributed by atoms with Crippen LogP contribution in [0.1, 0.15) is 18.4 Å². The number of hydrogen-bond donors (Lipinski definition) is 2. The van der Waals surface area contributed by atoms with Crippen molar-refractivity contribution in [1.29, 1.82) is 0 Å². The number of pyridine rings is 1. The van der Waals surface area contributed by atoms with Crippen LogP contribution in [-0.2, 0) is 6.54 Å². The topological polar surface area (TPSA) is 58.5 Å². The number of nitrogens with one attached hydrogen (secondary N) is 2. The van der Waals surface area contributed by atoms with Crippen LogP contribution < -0.4 is 15.4 Å². The van der Waals surface area contributed by atoms with Crippen molar-refractivity contribution < 1.29 is 4.74 Å². The van der Waals surface area contributed by atoms with Crippen LogP contribution in [0, 0.1) is 0 Å². The molecule has 0 aliphatic heterocycles. The zero-order chi connectivity index (χ0) is 13.5. The summed E-state index contributed by atoms with van der Waals surface area (Å²) in [6, 6.07) is 4.30. The van der Waals surface area contributed by atoms with Crippen molar-refractivity contribution in [2.75, 3.05) is 14.2 Å². The van der Waals surface area contributed by atoms with Gasteiger partial charge in [-0.15, -0.1) is 0 Å². The van der Waals surface area contributed by atoms with Crippen LogP contribution in [0.15, 0.2) is 35.5 Å². The largest absolute Gasteiger partial charge is 0.481 e. The molecule has 2 rings (SSSR count). The van der Waals surface area contributed by atoms with E-state index in [1.807, 2.05) is 12.1 Å². The summed E-state index contributed by atoms with van der Waals surface area (Å²) in [5, 5.41) is 6.67. The summed E-state index contributed by atoms with van der Waals surface area (Å²) >= 11 is 0. The van der Waals surface area contributed by atoms with Crippen molar-refractivity contribution in [2.24, 2.45) is 4.99 Å². The highest BCUT2D eigenvalue weighted by atomic mass is 16.5. The summed E-state index contributed by atoms with van der Waals surface area (Å²) in [6.07, 6.45) is 8.31. The molecule has 0 atom stereocenters. The molecule has 2 N–H and O–H groups in total. The molecule has 0 spiro atoms. The van der Waals surface area contributed by atoms with Gasteiger partial charge >= 0.3 is 0 Å². The smallest absolute Gasteiger partial charge is 0.212 e. The molecule has 0 saturated carbocycles. The van der Waals surface area contributed by atoms with Crippen LogP contribution >= 0.6 is 0 Å². The summed E-state index contributed by atoms with van der Waals surface area (Å²) in [4.78, 5) is 8.39. The Balaban J connectivity index is 1.81. The van der Waals surface area contributed by atoms with E-state index < -0.39 is 0 Å². The van der Waals surface area contributed by atoms with E-state index in [1.165, 1.54) is 0 Å². The molecule has 1 aromatic rings. The number of ether oxygens (including phenoxy) is 1. The molecule has 0 unspecified atom stereocenters. The van der Waals surface area contributed by atoms with Crippen molar-refractivity contribution >= 4 is 5.96 Å². The predicted molar refractivity (Wildman–Crippen MR) is 76.3 cm³/mol. The van der Waals surface area contributed by atoms with Gasteiger partial charge < -0.3 is 15.4 Å². The third-order valence-corrected chi connectivity index (χ3v) is 3.04. The highest BCUT2D eigenvalue weighted by molar-refractivity contribution is 5.80. The van der Waals surface area contributed by atoms with Crippen molar-refractivity contribution in [1.82, 2.24) is 15.6 Å². The Morgan fingerprint density at radius 1 is 1.42 bits per heavy atom. The molecule has 5 nitrogen and oxygen atoms in total. The number of aliphatic imine (C=N–C) groups is 1. The van der Waals surface area contributed by atoms with Gasteiger partial charge in [-0.05, 0) is 18.4 Å². The summed E-state index contributed by atoms with van der Waals surface area (Å²) in [5.74, 6) is 1.45. The second kappa shape index (κ2) is 6.78. The number of aromatic nitrogens is 1. The SMILES string of the molecule is CN=C(NCc1ccc(OC)nc1)NC1CC=CC1. The minimum absolute atomic E-state index is 0.459. The number of nitrogens with zero attached hydrogens (tertiary/aromatic N) is 2. The zero-order valence-electron chi connectivity index (χ0n) is 11.4. The molecular formula is C14H20N4O. The van der Waals surface area contributed by atoms with Crippen LogP contribution in [0.4, 0.5) is 0 Å². The first kappa shape index (κ1) is 13.4. The number of methoxy groups -OCH3 is 1. The Morgan fingerprint density at radius 2 is 2.21 bits per heavy atom. The minimum atomic E-state index is 0.459. The third kappa shape index (κ3) is 3.98. The van der Waals surface area contributed by atoms with Crippen molar-refractivity contribution in [2.45, 2.75) is 25.4 Å². The fourth-order valence-electron chi connectivity index (χ4n) is 1.95. The Labute approximate surface area is 113 Å². The maximum absolute atomic E-state index is 5.03. The number of hydrogen-bond acceptors (Lipinski definition) is 3. The van der Waals surface area contributed by atoms with Crippen LogP contribution in [0.5, 0.6) is 5.88 Å². The Bertz CT molecular complexity index is 445. The van der Waals surface area contributed by atoms with Crippen molar-refractivity contribution in [3.05, 3.63) is 36.0 Å². The standard InChI is InChI=1S/C14H20N4O/c1-15-14(18-12-5-3-4-6-12)17-10-11-7-8-13(19-2)16-9-11/h3-4,7-9,12H,5-6,10H2,1-2H3,(H2,15,17,18). The Morgan fingerprint density at radius 3 is 2.79 bits per heavy atom. The first-order valence-electron chi connectivity index (χ1n) is 6.43. The second-order valence-corrected chi connectivity index (χ2v) is 4.42. The maximum Gasteiger partial charge on any atom is 0.212 e. The molecular weight excluding hydrogens is 240 g/mol. The molecule has 0 aromatic carbocycles. The first-order chi connectivity index (χ1) is 9.31. The summed E-state index contributed by atoms with van der Waals surface area (Å²) < 4.78 is 5.03. The molecule has 0 bridgehead atoms. The lowest BCUT2D eigenvalue weighted by Gasteiger charge is -2.16. The minimum Gasteiger partial charge on any atom is -0.481 e. The molecule has 0 saturated heterocycles. The average Bonchev–Trinajstić information content (AvgIpc) is 2.97. The van der Waals surface area contributed by atoms with Crippen LogP contribution in [0.25, 0.3) is 0 Å². The van der Waals surface area contributed by atoms with E-state index in [0.717, 1.165) is 24.4 Å². The van der Waals surface area contributed by atoms with Gasteiger partial charge in [0.15, 0.2) is 5.96 Å². The van der Waals surface area contributed by atoms with Gasteiger partial charge in [0.05, 0.1) is 7.11 Å². The highest BCUT2D eigenvalue weighted by Crippen LogP contribution is 2.09. The first-order valence-corrected chi connectivity index (χ1v) is 6.43. The number of guanidine groups is 1. The van der Waals surface area contributed by atoms with E-state index in [1.54, 1.807) is 20.4 Å². The van der Waals surface area contributed by atoms with E-state index in [2.05, 4.69) is 32.8 Å². The molecule has 19 heavy (non-hydrogen) atoms. The van der Waals surface area contributed by atoms with Crippen molar-refractivity contribution in [3.8, 4) is 5.88 Å². The molecule has 102 valence electrons. The molecule has 0 fully saturated rings. The van der Waals surface area contributed by atoms with Crippen LogP contribution in [0.2, 0.25) is 0 Å². The summed E-state index contributed by atoms with van der Waals surface area (Å²) in [5.41, 5.74) is 1.09. The molecule has 5 heteroatoms. The maximum atomic E-state index is 5.03. The van der Waals surface area contributed by atoms with Gasteiger partial charge in [-0.2, -0.15) is 0 Å². The Kier molecular flexibility index (Phi) is 4.78. The Hall–Kier alpha value is -2.04. The van der Waals surface area contributed by atoms with Gasteiger partial charge in [0.25, 0.3) is 0 Å². The number of rotatable bonds is 4. The molecule has 1 heterocycles. The molecule has 1 aliphatic rings. The predicted octanol–water partition coefficient (Wildman–Crippen LogP) is 1.47. The second-order valence-electron chi connectivity index (χ2n) is 4.42. The lowest BCUT2D eigenvalue weighted by atomic mass is 10.2. The van der Waals surface area contributed by atoms with Crippen LogP contribution in [0.3, 0.4) is 0 Å².